The van der Waals surface area contributed by atoms with Crippen LogP contribution in [0, 0.1) is 17.3 Å². The van der Waals surface area contributed by atoms with Crippen LogP contribution in [0.4, 0.5) is 0 Å². The van der Waals surface area contributed by atoms with Crippen molar-refractivity contribution >= 4 is 5.97 Å². The van der Waals surface area contributed by atoms with Gasteiger partial charge < -0.3 is 14.9 Å². The lowest BCUT2D eigenvalue weighted by molar-refractivity contribution is -0.112. The van der Waals surface area contributed by atoms with Crippen molar-refractivity contribution in [3.8, 4) is 5.75 Å². The van der Waals surface area contributed by atoms with Crippen LogP contribution in [0.2, 0.25) is 0 Å². The number of carbonyl (C=O) groups excluding carboxylic acids is 1. The maximum absolute atomic E-state index is 12.7. The average molecular weight is 358 g/mol. The van der Waals surface area contributed by atoms with Crippen molar-refractivity contribution in [1.29, 1.82) is 0 Å². The van der Waals surface area contributed by atoms with Crippen molar-refractivity contribution in [3.63, 3.8) is 0 Å². The van der Waals surface area contributed by atoms with E-state index in [-0.39, 0.29) is 29.1 Å². The third-order valence-corrected chi connectivity index (χ3v) is 6.56. The fourth-order valence-corrected chi connectivity index (χ4v) is 4.89. The largest absolute Gasteiger partial charge is 0.508 e. The van der Waals surface area contributed by atoms with Crippen molar-refractivity contribution in [2.45, 2.75) is 65.1 Å². The Morgan fingerprint density at radius 3 is 2.50 bits per heavy atom. The zero-order valence-electron chi connectivity index (χ0n) is 16.2. The number of phenolic OH excluding ortho intramolecular Hbond substituents is 1. The van der Waals surface area contributed by atoms with Crippen LogP contribution >= 0.6 is 0 Å². The second-order valence-electron chi connectivity index (χ2n) is 8.73. The maximum Gasteiger partial charge on any atom is 0.338 e. The number of ether oxygens (including phenoxy) is 1. The zero-order chi connectivity index (χ0) is 19.1. The van der Waals surface area contributed by atoms with E-state index in [1.165, 1.54) is 17.7 Å². The minimum atomic E-state index is -0.826. The van der Waals surface area contributed by atoms with Gasteiger partial charge in [0.05, 0.1) is 11.2 Å². The highest BCUT2D eigenvalue weighted by Gasteiger charge is 2.59. The van der Waals surface area contributed by atoms with Crippen LogP contribution in [0.5, 0.6) is 5.75 Å². The van der Waals surface area contributed by atoms with Gasteiger partial charge in [-0.1, -0.05) is 32.4 Å². The highest BCUT2D eigenvalue weighted by Crippen LogP contribution is 2.58. The van der Waals surface area contributed by atoms with Crippen molar-refractivity contribution in [2.75, 3.05) is 0 Å². The Bertz CT molecular complexity index is 705. The molecule has 26 heavy (non-hydrogen) atoms. The number of aliphatic hydroxyl groups is 1. The van der Waals surface area contributed by atoms with Crippen LogP contribution in [0.1, 0.15) is 63.7 Å². The van der Waals surface area contributed by atoms with Crippen molar-refractivity contribution in [2.24, 2.45) is 17.3 Å². The van der Waals surface area contributed by atoms with E-state index in [1.807, 2.05) is 0 Å². The summed E-state index contributed by atoms with van der Waals surface area (Å²) in [6.07, 6.45) is 5.13. The topological polar surface area (TPSA) is 66.8 Å². The molecule has 0 spiro atoms. The fraction of sp³-hybridized carbons (Fsp3) is 0.591. The summed E-state index contributed by atoms with van der Waals surface area (Å²) in [6, 6.07) is 6.11. The molecule has 2 N–H and O–H groups in total. The number of aromatic hydroxyl groups is 1. The summed E-state index contributed by atoms with van der Waals surface area (Å²) in [5.74, 6) is -0.273. The first-order valence-corrected chi connectivity index (χ1v) is 9.54. The molecule has 0 aliphatic heterocycles. The molecule has 2 aliphatic rings. The summed E-state index contributed by atoms with van der Waals surface area (Å²) in [7, 11) is 0. The van der Waals surface area contributed by atoms with Crippen LogP contribution in [0.25, 0.3) is 0 Å². The zero-order valence-corrected chi connectivity index (χ0v) is 16.2. The van der Waals surface area contributed by atoms with Gasteiger partial charge in [0.15, 0.2) is 0 Å². The Hall–Kier alpha value is -1.81. The van der Waals surface area contributed by atoms with Gasteiger partial charge in [0, 0.05) is 12.3 Å². The average Bonchev–Trinajstić information content (AvgIpc) is 2.78. The molecule has 3 rings (SSSR count). The van der Waals surface area contributed by atoms with E-state index in [1.54, 1.807) is 12.1 Å². The van der Waals surface area contributed by atoms with E-state index < -0.39 is 11.6 Å². The molecule has 0 bridgehead atoms. The van der Waals surface area contributed by atoms with Crippen LogP contribution in [-0.2, 0) is 4.74 Å². The van der Waals surface area contributed by atoms with E-state index in [0.717, 1.165) is 19.3 Å². The minimum Gasteiger partial charge on any atom is -0.508 e. The van der Waals surface area contributed by atoms with E-state index in [9.17, 15) is 15.0 Å². The molecule has 4 heteroatoms. The molecule has 4 nitrogen and oxygen atoms in total. The number of allylic oxidation sites excluding steroid dienone is 1. The number of hydrogen-bond acceptors (Lipinski definition) is 4. The first-order chi connectivity index (χ1) is 12.2. The Morgan fingerprint density at radius 2 is 1.88 bits per heavy atom. The Labute approximate surface area is 155 Å². The van der Waals surface area contributed by atoms with E-state index >= 15 is 0 Å². The highest BCUT2D eigenvalue weighted by atomic mass is 16.5. The third-order valence-electron chi connectivity index (χ3n) is 6.56. The van der Waals surface area contributed by atoms with E-state index in [0.29, 0.717) is 12.0 Å². The summed E-state index contributed by atoms with van der Waals surface area (Å²) in [5.41, 5.74) is 0.723. The number of carbonyl (C=O) groups is 1. The molecule has 0 amide bonds. The van der Waals surface area contributed by atoms with Crippen molar-refractivity contribution < 1.29 is 19.7 Å². The number of hydrogen-bond donors (Lipinski definition) is 2. The van der Waals surface area contributed by atoms with Crippen molar-refractivity contribution in [1.82, 2.24) is 0 Å². The van der Waals surface area contributed by atoms with Gasteiger partial charge >= 0.3 is 5.97 Å². The van der Waals surface area contributed by atoms with E-state index in [4.69, 9.17) is 4.74 Å². The minimum absolute atomic E-state index is 0.0727. The second kappa shape index (κ2) is 6.73. The van der Waals surface area contributed by atoms with Gasteiger partial charge in [-0.3, -0.25) is 0 Å². The first kappa shape index (κ1) is 19.0. The molecule has 4 atom stereocenters. The molecule has 0 saturated heterocycles. The molecule has 0 radical (unpaired) electrons. The predicted molar refractivity (Wildman–Crippen MR) is 101 cm³/mol. The fourth-order valence-electron chi connectivity index (χ4n) is 4.89. The van der Waals surface area contributed by atoms with Gasteiger partial charge in [0.2, 0.25) is 0 Å². The highest BCUT2D eigenvalue weighted by molar-refractivity contribution is 5.89. The molecule has 0 aromatic heterocycles. The van der Waals surface area contributed by atoms with Gasteiger partial charge in [-0.15, -0.1) is 0 Å². The van der Waals surface area contributed by atoms with Gasteiger partial charge in [0.1, 0.15) is 11.9 Å². The normalized spacial score (nSPS) is 34.2. The summed E-state index contributed by atoms with van der Waals surface area (Å²) in [6.45, 7) is 8.39. The standard InChI is InChI=1S/C22H30O4/c1-14(2)22(25)12-11-21(4)10-9-15(3)13-18(19(21)22)26-20(24)16-5-7-17(23)8-6-16/h5-9,14,18-19,23,25H,10-13H2,1-4H3/t18-,19+,21+,22+/m0/s1. The van der Waals surface area contributed by atoms with Gasteiger partial charge in [-0.2, -0.15) is 0 Å². The summed E-state index contributed by atoms with van der Waals surface area (Å²) in [4.78, 5) is 12.7. The monoisotopic (exact) mass is 358 g/mol. The summed E-state index contributed by atoms with van der Waals surface area (Å²) < 4.78 is 5.97. The summed E-state index contributed by atoms with van der Waals surface area (Å²) in [5, 5.41) is 20.9. The molecule has 1 aromatic carbocycles. The quantitative estimate of drug-likeness (QED) is 0.618. The molecule has 142 valence electrons. The maximum atomic E-state index is 12.7. The van der Waals surface area contributed by atoms with Gasteiger partial charge in [0.25, 0.3) is 0 Å². The number of benzene rings is 1. The van der Waals surface area contributed by atoms with Crippen LogP contribution in [0.15, 0.2) is 35.9 Å². The molecule has 1 saturated carbocycles. The first-order valence-electron chi connectivity index (χ1n) is 9.54. The molecule has 0 heterocycles. The second-order valence-corrected chi connectivity index (χ2v) is 8.73. The van der Waals surface area contributed by atoms with Crippen LogP contribution in [0.3, 0.4) is 0 Å². The molecular formula is C22H30O4. The van der Waals surface area contributed by atoms with Gasteiger partial charge in [-0.25, -0.2) is 4.79 Å². The Kier molecular flexibility index (Phi) is 4.91. The lowest BCUT2D eigenvalue weighted by Gasteiger charge is -2.43. The lowest BCUT2D eigenvalue weighted by atomic mass is 9.67. The SMILES string of the molecule is CC1=CC[C@]2(C)CC[C@@](O)(C(C)C)[C@@H]2[C@@H](OC(=O)c2ccc(O)cc2)C1. The number of fused-ring (bicyclic) bond motifs is 1. The predicted octanol–water partition coefficient (Wildman–Crippen LogP) is 4.46. The van der Waals surface area contributed by atoms with E-state index in [2.05, 4.69) is 33.8 Å². The van der Waals surface area contributed by atoms with Crippen LogP contribution in [-0.4, -0.2) is 27.9 Å². The lowest BCUT2D eigenvalue weighted by Crippen LogP contribution is -2.50. The Balaban J connectivity index is 1.92. The van der Waals surface area contributed by atoms with Crippen molar-refractivity contribution in [3.05, 3.63) is 41.5 Å². The number of rotatable bonds is 3. The van der Waals surface area contributed by atoms with Gasteiger partial charge in [-0.05, 0) is 61.8 Å². The number of phenols is 1. The molecule has 1 aromatic rings. The van der Waals surface area contributed by atoms with Crippen LogP contribution < -0.4 is 0 Å². The summed E-state index contributed by atoms with van der Waals surface area (Å²) >= 11 is 0. The Morgan fingerprint density at radius 1 is 1.23 bits per heavy atom. The smallest absolute Gasteiger partial charge is 0.338 e. The molecule has 1 fully saturated rings. The molecular weight excluding hydrogens is 328 g/mol. The molecule has 0 unspecified atom stereocenters. The third kappa shape index (κ3) is 3.27. The molecule has 2 aliphatic carbocycles. The number of esters is 1.